The molecule has 0 radical (unpaired) electrons. The lowest BCUT2D eigenvalue weighted by molar-refractivity contribution is 0.0685. The third-order valence-electron chi connectivity index (χ3n) is 4.63. The van der Waals surface area contributed by atoms with E-state index in [1.54, 1.807) is 12.1 Å². The molecule has 4 nitrogen and oxygen atoms in total. The number of nitrogens with zero attached hydrogens (tertiary/aromatic N) is 1. The summed E-state index contributed by atoms with van der Waals surface area (Å²) in [6.45, 7) is 3.19. The highest BCUT2D eigenvalue weighted by Crippen LogP contribution is 2.26. The van der Waals surface area contributed by atoms with Crippen LogP contribution in [0, 0.1) is 0 Å². The maximum atomic E-state index is 11.6. The molecule has 0 fully saturated rings. The largest absolute Gasteiger partial charge is 0.489 e. The Hall–Kier alpha value is -2.43. The van der Waals surface area contributed by atoms with Crippen LogP contribution in [0.5, 0.6) is 5.75 Å². The van der Waals surface area contributed by atoms with Crippen LogP contribution in [0.3, 0.4) is 0 Å². The Morgan fingerprint density at radius 1 is 1.00 bits per heavy atom. The van der Waals surface area contributed by atoms with Crippen LogP contribution in [-0.2, 0) is 13.2 Å². The van der Waals surface area contributed by atoms with Crippen molar-refractivity contribution in [3.05, 3.63) is 76.0 Å². The van der Waals surface area contributed by atoms with Crippen molar-refractivity contribution in [3.8, 4) is 16.9 Å². The standard InChI is InChI=1S/C23H23Cl2NO3/c1-2-3-4-9-26-14-18(12-22(26)23(27)28)17-5-7-21(8-6-17)29-15-16-10-19(24)13-20(25)11-16/h5-8,10-14H,2-4,9,15H2,1H3,(H,27,28). The number of hydrogen-bond acceptors (Lipinski definition) is 2. The molecule has 0 atom stereocenters. The minimum atomic E-state index is -0.909. The number of benzene rings is 2. The van der Waals surface area contributed by atoms with Gasteiger partial charge in [0.1, 0.15) is 18.1 Å². The summed E-state index contributed by atoms with van der Waals surface area (Å²) in [7, 11) is 0. The molecule has 1 N–H and O–H groups in total. The van der Waals surface area contributed by atoms with Gasteiger partial charge in [0.15, 0.2) is 0 Å². The summed E-state index contributed by atoms with van der Waals surface area (Å²) in [6.07, 6.45) is 5.05. The van der Waals surface area contributed by atoms with E-state index in [0.29, 0.717) is 34.6 Å². The number of aromatic nitrogens is 1. The summed E-state index contributed by atoms with van der Waals surface area (Å²) in [5.74, 6) is -0.196. The van der Waals surface area contributed by atoms with Gasteiger partial charge in [-0.3, -0.25) is 0 Å². The molecule has 0 saturated carbocycles. The molecular weight excluding hydrogens is 409 g/mol. The topological polar surface area (TPSA) is 51.5 Å². The van der Waals surface area contributed by atoms with Crippen molar-refractivity contribution in [1.82, 2.24) is 4.57 Å². The number of rotatable bonds is 9. The second-order valence-electron chi connectivity index (χ2n) is 6.91. The molecule has 1 heterocycles. The number of carbonyl (C=O) groups is 1. The molecule has 0 saturated heterocycles. The molecule has 29 heavy (non-hydrogen) atoms. The van der Waals surface area contributed by atoms with Gasteiger partial charge in [-0.05, 0) is 53.9 Å². The molecule has 0 aliphatic carbocycles. The van der Waals surface area contributed by atoms with Gasteiger partial charge >= 0.3 is 5.97 Å². The predicted molar refractivity (Wildman–Crippen MR) is 117 cm³/mol. The van der Waals surface area contributed by atoms with Crippen molar-refractivity contribution in [1.29, 1.82) is 0 Å². The normalized spacial score (nSPS) is 10.9. The van der Waals surface area contributed by atoms with Crippen LogP contribution < -0.4 is 4.74 Å². The number of halogens is 2. The smallest absolute Gasteiger partial charge is 0.352 e. The molecule has 0 amide bonds. The van der Waals surface area contributed by atoms with E-state index in [4.69, 9.17) is 27.9 Å². The number of aromatic carboxylic acids is 1. The average Bonchev–Trinajstić information content (AvgIpc) is 3.11. The Morgan fingerprint density at radius 2 is 1.69 bits per heavy atom. The van der Waals surface area contributed by atoms with Gasteiger partial charge in [0.25, 0.3) is 0 Å². The molecule has 0 spiro atoms. The van der Waals surface area contributed by atoms with E-state index in [1.165, 1.54) is 0 Å². The van der Waals surface area contributed by atoms with Gasteiger partial charge in [-0.15, -0.1) is 0 Å². The number of ether oxygens (including phenoxy) is 1. The number of carboxylic acid groups (broad SMARTS) is 1. The molecule has 2 aromatic carbocycles. The Balaban J connectivity index is 1.70. The third kappa shape index (κ3) is 5.78. The molecule has 3 rings (SSSR count). The summed E-state index contributed by atoms with van der Waals surface area (Å²) in [4.78, 5) is 11.6. The first-order valence-electron chi connectivity index (χ1n) is 9.58. The highest BCUT2D eigenvalue weighted by atomic mass is 35.5. The van der Waals surface area contributed by atoms with Crippen LogP contribution in [0.1, 0.15) is 42.2 Å². The van der Waals surface area contributed by atoms with Gasteiger partial charge in [-0.2, -0.15) is 0 Å². The van der Waals surface area contributed by atoms with Crippen LogP contribution in [0.25, 0.3) is 11.1 Å². The molecule has 3 aromatic rings. The fraction of sp³-hybridized carbons (Fsp3) is 0.261. The SMILES string of the molecule is CCCCCn1cc(-c2ccc(OCc3cc(Cl)cc(Cl)c3)cc2)cc1C(=O)O. The van der Waals surface area contributed by atoms with Crippen LogP contribution in [0.4, 0.5) is 0 Å². The summed E-state index contributed by atoms with van der Waals surface area (Å²) in [5, 5.41) is 10.6. The lowest BCUT2D eigenvalue weighted by Gasteiger charge is -2.08. The van der Waals surface area contributed by atoms with E-state index in [-0.39, 0.29) is 0 Å². The van der Waals surface area contributed by atoms with Crippen molar-refractivity contribution < 1.29 is 14.6 Å². The molecule has 0 aliphatic rings. The van der Waals surface area contributed by atoms with Crippen LogP contribution >= 0.6 is 23.2 Å². The zero-order valence-corrected chi connectivity index (χ0v) is 17.7. The van der Waals surface area contributed by atoms with Crippen LogP contribution in [-0.4, -0.2) is 15.6 Å². The van der Waals surface area contributed by atoms with Gasteiger partial charge < -0.3 is 14.4 Å². The highest BCUT2D eigenvalue weighted by Gasteiger charge is 2.13. The van der Waals surface area contributed by atoms with E-state index in [2.05, 4.69) is 6.92 Å². The summed E-state index contributed by atoms with van der Waals surface area (Å²) in [6, 6.07) is 14.6. The lowest BCUT2D eigenvalue weighted by atomic mass is 10.1. The zero-order chi connectivity index (χ0) is 20.8. The van der Waals surface area contributed by atoms with E-state index >= 15 is 0 Å². The number of aryl methyl sites for hydroxylation is 1. The van der Waals surface area contributed by atoms with Crippen molar-refractivity contribution in [3.63, 3.8) is 0 Å². The Labute approximate surface area is 180 Å². The summed E-state index contributed by atoms with van der Waals surface area (Å²) >= 11 is 12.0. The predicted octanol–water partition coefficient (Wildman–Crippen LogP) is 6.93. The monoisotopic (exact) mass is 431 g/mol. The van der Waals surface area contributed by atoms with Crippen molar-refractivity contribution >= 4 is 29.2 Å². The molecule has 0 bridgehead atoms. The first-order valence-corrected chi connectivity index (χ1v) is 10.3. The first kappa shape index (κ1) is 21.3. The van der Waals surface area contributed by atoms with Gasteiger partial charge in [-0.1, -0.05) is 55.1 Å². The zero-order valence-electron chi connectivity index (χ0n) is 16.2. The van der Waals surface area contributed by atoms with Crippen molar-refractivity contribution in [2.45, 2.75) is 39.3 Å². The van der Waals surface area contributed by atoms with Gasteiger partial charge in [0.2, 0.25) is 0 Å². The van der Waals surface area contributed by atoms with Gasteiger partial charge in [0.05, 0.1) is 0 Å². The Kier molecular flexibility index (Phi) is 7.24. The fourth-order valence-corrected chi connectivity index (χ4v) is 3.74. The summed E-state index contributed by atoms with van der Waals surface area (Å²) in [5.41, 5.74) is 3.03. The average molecular weight is 432 g/mol. The molecule has 6 heteroatoms. The molecular formula is C23H23Cl2NO3. The van der Waals surface area contributed by atoms with Crippen molar-refractivity contribution in [2.75, 3.05) is 0 Å². The maximum Gasteiger partial charge on any atom is 0.352 e. The van der Waals surface area contributed by atoms with E-state index in [1.807, 2.05) is 47.2 Å². The van der Waals surface area contributed by atoms with Crippen LogP contribution in [0.15, 0.2) is 54.7 Å². The minimum Gasteiger partial charge on any atom is -0.489 e. The highest BCUT2D eigenvalue weighted by molar-refractivity contribution is 6.34. The quantitative estimate of drug-likeness (QED) is 0.373. The van der Waals surface area contributed by atoms with Crippen molar-refractivity contribution in [2.24, 2.45) is 0 Å². The summed E-state index contributed by atoms with van der Waals surface area (Å²) < 4.78 is 7.63. The van der Waals surface area contributed by atoms with Crippen LogP contribution in [0.2, 0.25) is 10.0 Å². The second kappa shape index (κ2) is 9.86. The fourth-order valence-electron chi connectivity index (χ4n) is 3.17. The van der Waals surface area contributed by atoms with E-state index < -0.39 is 5.97 Å². The number of hydrogen-bond donors (Lipinski definition) is 1. The Bertz CT molecular complexity index is 960. The third-order valence-corrected chi connectivity index (χ3v) is 5.07. The molecule has 0 unspecified atom stereocenters. The molecule has 0 aliphatic heterocycles. The maximum absolute atomic E-state index is 11.6. The first-order chi connectivity index (χ1) is 14.0. The molecule has 152 valence electrons. The van der Waals surface area contributed by atoms with E-state index in [0.717, 1.165) is 36.0 Å². The van der Waals surface area contributed by atoms with Gasteiger partial charge in [-0.25, -0.2) is 4.79 Å². The lowest BCUT2D eigenvalue weighted by Crippen LogP contribution is -2.07. The number of carboxylic acids is 1. The molecule has 1 aromatic heterocycles. The second-order valence-corrected chi connectivity index (χ2v) is 7.78. The Morgan fingerprint density at radius 3 is 2.31 bits per heavy atom. The minimum absolute atomic E-state index is 0.314. The van der Waals surface area contributed by atoms with Gasteiger partial charge in [0, 0.05) is 28.4 Å². The van der Waals surface area contributed by atoms with E-state index in [9.17, 15) is 9.90 Å². The number of unbranched alkanes of at least 4 members (excludes halogenated alkanes) is 2.